The van der Waals surface area contributed by atoms with E-state index in [1.54, 1.807) is 0 Å². The molecule has 0 bridgehead atoms. The minimum absolute atomic E-state index is 0.149. The van der Waals surface area contributed by atoms with Crippen molar-refractivity contribution in [2.75, 3.05) is 19.8 Å². The third-order valence-corrected chi connectivity index (χ3v) is 3.15. The summed E-state index contributed by atoms with van der Waals surface area (Å²) in [4.78, 5) is 0. The van der Waals surface area contributed by atoms with Crippen LogP contribution in [0.2, 0.25) is 0 Å². The number of rotatable bonds is 5. The van der Waals surface area contributed by atoms with E-state index < -0.39 is 0 Å². The van der Waals surface area contributed by atoms with Gasteiger partial charge < -0.3 is 9.47 Å². The van der Waals surface area contributed by atoms with Crippen LogP contribution in [0.1, 0.15) is 12.8 Å². The van der Waals surface area contributed by atoms with Gasteiger partial charge in [0.1, 0.15) is 12.4 Å². The first-order chi connectivity index (χ1) is 8.40. The highest BCUT2D eigenvalue weighted by atomic mass is 16.5. The molecule has 94 valence electrons. The number of para-hydroxylation sites is 1. The second-order valence-electron chi connectivity index (χ2n) is 4.37. The predicted molar refractivity (Wildman–Crippen MR) is 66.6 cm³/mol. The van der Waals surface area contributed by atoms with E-state index in [0.717, 1.165) is 31.8 Å². The van der Waals surface area contributed by atoms with Gasteiger partial charge in [0, 0.05) is 12.5 Å². The monoisotopic (exact) mass is 236 g/mol. The molecule has 0 spiro atoms. The Balaban J connectivity index is 1.82. The van der Waals surface area contributed by atoms with Crippen LogP contribution in [0.4, 0.5) is 0 Å². The Morgan fingerprint density at radius 3 is 2.88 bits per heavy atom. The molecule has 17 heavy (non-hydrogen) atoms. The van der Waals surface area contributed by atoms with Crippen LogP contribution >= 0.6 is 0 Å². The zero-order chi connectivity index (χ0) is 11.9. The quantitative estimate of drug-likeness (QED) is 0.598. The van der Waals surface area contributed by atoms with E-state index >= 15 is 0 Å². The molecule has 0 aromatic heterocycles. The van der Waals surface area contributed by atoms with Crippen LogP contribution in [0.15, 0.2) is 30.3 Å². The molecule has 1 aliphatic heterocycles. The predicted octanol–water partition coefficient (Wildman–Crippen LogP) is 1.32. The summed E-state index contributed by atoms with van der Waals surface area (Å²) in [7, 11) is 0. The molecule has 2 rings (SSSR count). The van der Waals surface area contributed by atoms with Crippen LogP contribution in [0.5, 0.6) is 5.75 Å². The molecule has 1 aromatic rings. The van der Waals surface area contributed by atoms with Crippen LogP contribution in [0.3, 0.4) is 0 Å². The molecule has 0 radical (unpaired) electrons. The number of benzene rings is 1. The van der Waals surface area contributed by atoms with Crippen molar-refractivity contribution in [3.8, 4) is 5.75 Å². The Bertz CT molecular complexity index is 312. The van der Waals surface area contributed by atoms with Gasteiger partial charge in [0.25, 0.3) is 0 Å². The molecule has 1 heterocycles. The van der Waals surface area contributed by atoms with Crippen molar-refractivity contribution in [3.05, 3.63) is 30.3 Å². The lowest BCUT2D eigenvalue weighted by molar-refractivity contribution is 0.0307. The molecule has 2 unspecified atom stereocenters. The molecule has 1 saturated heterocycles. The number of nitrogens with two attached hydrogens (primary N) is 1. The number of hydrogen-bond donors (Lipinski definition) is 2. The van der Waals surface area contributed by atoms with Gasteiger partial charge in [-0.1, -0.05) is 18.2 Å². The summed E-state index contributed by atoms with van der Waals surface area (Å²) in [6.07, 6.45) is 2.25. The van der Waals surface area contributed by atoms with Gasteiger partial charge in [-0.25, -0.2) is 0 Å². The highest BCUT2D eigenvalue weighted by Crippen LogP contribution is 2.18. The molecule has 2 atom stereocenters. The molecule has 0 aliphatic carbocycles. The van der Waals surface area contributed by atoms with Crippen LogP contribution in [0, 0.1) is 5.92 Å². The highest BCUT2D eigenvalue weighted by molar-refractivity contribution is 5.20. The first-order valence-electron chi connectivity index (χ1n) is 6.12. The first kappa shape index (κ1) is 12.4. The molecular weight excluding hydrogens is 216 g/mol. The van der Waals surface area contributed by atoms with E-state index in [-0.39, 0.29) is 6.04 Å². The Morgan fingerprint density at radius 2 is 2.24 bits per heavy atom. The molecule has 4 nitrogen and oxygen atoms in total. The lowest BCUT2D eigenvalue weighted by Crippen LogP contribution is -2.47. The summed E-state index contributed by atoms with van der Waals surface area (Å²) in [5.74, 6) is 6.90. The van der Waals surface area contributed by atoms with Crippen molar-refractivity contribution in [2.24, 2.45) is 11.8 Å². The smallest absolute Gasteiger partial charge is 0.119 e. The Kier molecular flexibility index (Phi) is 4.79. The van der Waals surface area contributed by atoms with Gasteiger partial charge >= 0.3 is 0 Å². The van der Waals surface area contributed by atoms with E-state index in [2.05, 4.69) is 5.43 Å². The lowest BCUT2D eigenvalue weighted by Gasteiger charge is -2.29. The first-order valence-corrected chi connectivity index (χ1v) is 6.12. The number of hydrogen-bond acceptors (Lipinski definition) is 4. The third kappa shape index (κ3) is 3.70. The summed E-state index contributed by atoms with van der Waals surface area (Å²) in [6.45, 7) is 2.22. The Hall–Kier alpha value is -1.10. The summed E-state index contributed by atoms with van der Waals surface area (Å²) >= 11 is 0. The second-order valence-corrected chi connectivity index (χ2v) is 4.37. The van der Waals surface area contributed by atoms with Crippen molar-refractivity contribution < 1.29 is 9.47 Å². The summed E-state index contributed by atoms with van der Waals surface area (Å²) in [5, 5.41) is 0. The topological polar surface area (TPSA) is 56.5 Å². The molecule has 0 saturated carbocycles. The standard InChI is InChI=1S/C13H20N2O2/c14-15-13(11-5-4-8-16-9-11)10-17-12-6-2-1-3-7-12/h1-3,6-7,11,13,15H,4-5,8-10,14H2. The van der Waals surface area contributed by atoms with Gasteiger partial charge in [0.15, 0.2) is 0 Å². The lowest BCUT2D eigenvalue weighted by atomic mass is 9.95. The fourth-order valence-electron chi connectivity index (χ4n) is 2.11. The average molecular weight is 236 g/mol. The summed E-state index contributed by atoms with van der Waals surface area (Å²) < 4.78 is 11.2. The van der Waals surface area contributed by atoms with E-state index in [1.807, 2.05) is 30.3 Å². The Morgan fingerprint density at radius 1 is 1.41 bits per heavy atom. The van der Waals surface area contributed by atoms with Gasteiger partial charge in [-0.05, 0) is 25.0 Å². The molecule has 3 N–H and O–H groups in total. The minimum atomic E-state index is 0.149. The zero-order valence-corrected chi connectivity index (χ0v) is 9.97. The van der Waals surface area contributed by atoms with Gasteiger partial charge in [-0.2, -0.15) is 0 Å². The third-order valence-electron chi connectivity index (χ3n) is 3.15. The van der Waals surface area contributed by atoms with Gasteiger partial charge in [-0.15, -0.1) is 0 Å². The van der Waals surface area contributed by atoms with Crippen molar-refractivity contribution >= 4 is 0 Å². The largest absolute Gasteiger partial charge is 0.492 e. The van der Waals surface area contributed by atoms with Gasteiger partial charge in [-0.3, -0.25) is 11.3 Å². The van der Waals surface area contributed by atoms with E-state index in [9.17, 15) is 0 Å². The molecular formula is C13H20N2O2. The van der Waals surface area contributed by atoms with Gasteiger partial charge in [0.05, 0.1) is 12.6 Å². The zero-order valence-electron chi connectivity index (χ0n) is 9.97. The maximum absolute atomic E-state index is 5.71. The highest BCUT2D eigenvalue weighted by Gasteiger charge is 2.23. The number of nitrogens with one attached hydrogen (secondary N) is 1. The van der Waals surface area contributed by atoms with Crippen molar-refractivity contribution in [1.29, 1.82) is 0 Å². The maximum Gasteiger partial charge on any atom is 0.119 e. The fraction of sp³-hybridized carbons (Fsp3) is 0.538. The maximum atomic E-state index is 5.71. The second kappa shape index (κ2) is 6.59. The van der Waals surface area contributed by atoms with E-state index in [1.165, 1.54) is 0 Å². The van der Waals surface area contributed by atoms with Crippen LogP contribution in [-0.2, 0) is 4.74 Å². The van der Waals surface area contributed by atoms with E-state index in [0.29, 0.717) is 12.5 Å². The van der Waals surface area contributed by atoms with Crippen LogP contribution in [0.25, 0.3) is 0 Å². The van der Waals surface area contributed by atoms with Crippen molar-refractivity contribution in [2.45, 2.75) is 18.9 Å². The van der Waals surface area contributed by atoms with Crippen LogP contribution < -0.4 is 16.0 Å². The number of hydrazine groups is 1. The van der Waals surface area contributed by atoms with Crippen LogP contribution in [-0.4, -0.2) is 25.9 Å². The average Bonchev–Trinajstić information content (AvgIpc) is 2.42. The van der Waals surface area contributed by atoms with E-state index in [4.69, 9.17) is 15.3 Å². The molecule has 0 amide bonds. The number of ether oxygens (including phenoxy) is 2. The SMILES string of the molecule is NNC(COc1ccccc1)C1CCCOC1. The van der Waals surface area contributed by atoms with Crippen molar-refractivity contribution in [3.63, 3.8) is 0 Å². The molecule has 1 aliphatic rings. The summed E-state index contributed by atoms with van der Waals surface area (Å²) in [6, 6.07) is 9.94. The fourth-order valence-corrected chi connectivity index (χ4v) is 2.11. The van der Waals surface area contributed by atoms with Gasteiger partial charge in [0.2, 0.25) is 0 Å². The Labute approximate surface area is 102 Å². The minimum Gasteiger partial charge on any atom is -0.492 e. The summed E-state index contributed by atoms with van der Waals surface area (Å²) in [5.41, 5.74) is 2.84. The molecule has 1 aromatic carbocycles. The molecule has 1 fully saturated rings. The normalized spacial score (nSPS) is 22.1. The van der Waals surface area contributed by atoms with Crippen molar-refractivity contribution in [1.82, 2.24) is 5.43 Å². The molecule has 4 heteroatoms.